The summed E-state index contributed by atoms with van der Waals surface area (Å²) in [5.74, 6) is 0.546. The minimum atomic E-state index is -0.522. The lowest BCUT2D eigenvalue weighted by Gasteiger charge is -2.37. The maximum absolute atomic E-state index is 14.7. The number of halogens is 1. The van der Waals surface area contributed by atoms with Crippen LogP contribution in [0.3, 0.4) is 0 Å². The number of benzene rings is 3. The zero-order valence-electron chi connectivity index (χ0n) is 23.1. The molecule has 2 amide bonds. The number of fused-ring (bicyclic) bond motifs is 8. The molecule has 2 aromatic heterocycles. The average molecular weight is 579 g/mol. The fraction of sp³-hybridized carbons (Fsp3) is 0.219. The van der Waals surface area contributed by atoms with Gasteiger partial charge < -0.3 is 19.7 Å². The van der Waals surface area contributed by atoms with Gasteiger partial charge in [0.1, 0.15) is 11.5 Å². The van der Waals surface area contributed by atoms with Gasteiger partial charge in [0.15, 0.2) is 11.6 Å². The molecule has 10 nitrogen and oxygen atoms in total. The number of rotatable bonds is 1. The van der Waals surface area contributed by atoms with Crippen LogP contribution in [0.1, 0.15) is 45.3 Å². The first-order valence-corrected chi connectivity index (χ1v) is 14.1. The van der Waals surface area contributed by atoms with Crippen LogP contribution in [-0.4, -0.2) is 56.0 Å². The molecule has 5 aromatic rings. The van der Waals surface area contributed by atoms with Crippen molar-refractivity contribution in [3.63, 3.8) is 0 Å². The zero-order chi connectivity index (χ0) is 29.3. The molecule has 3 aromatic carbocycles. The van der Waals surface area contributed by atoms with Crippen molar-refractivity contribution in [3.8, 4) is 17.2 Å². The molecule has 3 aliphatic rings. The maximum Gasteiger partial charge on any atom is 0.294 e. The molecular weight excluding hydrogens is 551 g/mol. The minimum Gasteiger partial charge on any atom is -0.494 e. The first-order chi connectivity index (χ1) is 21.0. The molecule has 0 radical (unpaired) electrons. The van der Waals surface area contributed by atoms with Crippen molar-refractivity contribution in [1.29, 1.82) is 0 Å². The number of ether oxygens (including phenoxy) is 2. The summed E-state index contributed by atoms with van der Waals surface area (Å²) in [6.45, 7) is 1.22. The topological polar surface area (TPSA) is 111 Å². The van der Waals surface area contributed by atoms with Gasteiger partial charge in [0, 0.05) is 25.5 Å². The molecule has 0 fully saturated rings. The standard InChI is InChI=1S/C32H27FN6O4/c33-26-9-6-20-16-27(26)43-24-7-8-25-21(18-24)10-14-38(31(41)30-36-32-35-11-2-13-39(32)37-30)29(25)22-4-1-5-23(19-22)42-15-3-12-34-28(40)17-20/h1-2,4-9,11,13,16,18-19,29H,3,10,12,14-15,17H2,(H,34,40). The van der Waals surface area contributed by atoms with Gasteiger partial charge in [-0.3, -0.25) is 9.59 Å². The molecular formula is C32H27FN6O4. The Hall–Kier alpha value is -5.32. The molecule has 0 saturated heterocycles. The van der Waals surface area contributed by atoms with Crippen LogP contribution >= 0.6 is 0 Å². The van der Waals surface area contributed by atoms with Crippen molar-refractivity contribution in [1.82, 2.24) is 29.8 Å². The Kier molecular flexibility index (Phi) is 6.90. The number of carbonyl (C=O) groups excluding carboxylic acids is 2. The third kappa shape index (κ3) is 5.36. The van der Waals surface area contributed by atoms with Gasteiger partial charge >= 0.3 is 0 Å². The van der Waals surface area contributed by atoms with E-state index in [4.69, 9.17) is 9.47 Å². The molecule has 1 atom stereocenters. The van der Waals surface area contributed by atoms with Crippen molar-refractivity contribution < 1.29 is 23.5 Å². The number of hydrogen-bond acceptors (Lipinski definition) is 7. The van der Waals surface area contributed by atoms with E-state index >= 15 is 0 Å². The highest BCUT2D eigenvalue weighted by atomic mass is 19.1. The van der Waals surface area contributed by atoms with E-state index in [-0.39, 0.29) is 29.8 Å². The van der Waals surface area contributed by atoms with Gasteiger partial charge in [0.25, 0.3) is 11.7 Å². The van der Waals surface area contributed by atoms with Crippen molar-refractivity contribution in [2.45, 2.75) is 25.3 Å². The Bertz CT molecular complexity index is 1820. The van der Waals surface area contributed by atoms with E-state index < -0.39 is 11.9 Å². The average Bonchev–Trinajstić information content (AvgIpc) is 3.46. The third-order valence-corrected chi connectivity index (χ3v) is 7.59. The third-order valence-electron chi connectivity index (χ3n) is 7.59. The molecule has 1 N–H and O–H groups in total. The summed E-state index contributed by atoms with van der Waals surface area (Å²) in [5, 5.41) is 7.26. The van der Waals surface area contributed by atoms with E-state index in [1.807, 2.05) is 36.4 Å². The van der Waals surface area contributed by atoms with E-state index in [1.165, 1.54) is 10.6 Å². The SMILES string of the molecule is O=C1Cc2ccc(F)c(c2)Oc2ccc3c(c2)CCN(C(=O)c2nc4ncccn4n2)C3c2cccc(c2)OCCCN1. The Labute approximate surface area is 246 Å². The summed E-state index contributed by atoms with van der Waals surface area (Å²) in [7, 11) is 0. The summed E-state index contributed by atoms with van der Waals surface area (Å²) >= 11 is 0. The summed E-state index contributed by atoms with van der Waals surface area (Å²) in [4.78, 5) is 36.7. The van der Waals surface area contributed by atoms with Crippen LogP contribution in [0.4, 0.5) is 4.39 Å². The predicted molar refractivity (Wildman–Crippen MR) is 154 cm³/mol. The molecule has 11 heteroatoms. The van der Waals surface area contributed by atoms with Gasteiger partial charge in [-0.05, 0) is 77.6 Å². The predicted octanol–water partition coefficient (Wildman–Crippen LogP) is 4.28. The van der Waals surface area contributed by atoms with Gasteiger partial charge in [0.2, 0.25) is 11.7 Å². The molecule has 5 heterocycles. The number of carbonyl (C=O) groups is 2. The lowest BCUT2D eigenvalue weighted by Crippen LogP contribution is -2.41. The molecule has 0 aliphatic carbocycles. The molecule has 1 unspecified atom stereocenters. The smallest absolute Gasteiger partial charge is 0.294 e. The highest BCUT2D eigenvalue weighted by Crippen LogP contribution is 2.39. The van der Waals surface area contributed by atoms with Gasteiger partial charge in [-0.1, -0.05) is 24.3 Å². The van der Waals surface area contributed by atoms with Gasteiger partial charge in [-0.25, -0.2) is 13.9 Å². The highest BCUT2D eigenvalue weighted by molar-refractivity contribution is 5.91. The van der Waals surface area contributed by atoms with Crippen molar-refractivity contribution in [2.24, 2.45) is 0 Å². The Morgan fingerprint density at radius 3 is 2.88 bits per heavy atom. The van der Waals surface area contributed by atoms with Crippen molar-refractivity contribution >= 4 is 17.6 Å². The van der Waals surface area contributed by atoms with E-state index in [1.54, 1.807) is 41.6 Å². The lowest BCUT2D eigenvalue weighted by molar-refractivity contribution is -0.120. The van der Waals surface area contributed by atoms with E-state index in [0.717, 1.165) is 16.7 Å². The number of nitrogens with zero attached hydrogens (tertiary/aromatic N) is 5. The summed E-state index contributed by atoms with van der Waals surface area (Å²) in [6, 6.07) is 18.9. The number of hydrogen-bond donors (Lipinski definition) is 1. The lowest BCUT2D eigenvalue weighted by atomic mass is 9.87. The fourth-order valence-corrected chi connectivity index (χ4v) is 5.57. The summed E-state index contributed by atoms with van der Waals surface area (Å²) in [5.41, 5.74) is 3.37. The van der Waals surface area contributed by atoms with Crippen molar-refractivity contribution in [3.05, 3.63) is 113 Å². The number of nitrogens with one attached hydrogen (secondary N) is 1. The fourth-order valence-electron chi connectivity index (χ4n) is 5.57. The number of amides is 2. The first kappa shape index (κ1) is 26.6. The largest absolute Gasteiger partial charge is 0.494 e. The highest BCUT2D eigenvalue weighted by Gasteiger charge is 2.35. The Balaban J connectivity index is 1.30. The van der Waals surface area contributed by atoms with Crippen LogP contribution < -0.4 is 14.8 Å². The van der Waals surface area contributed by atoms with E-state index in [0.29, 0.717) is 55.4 Å². The Morgan fingerprint density at radius 2 is 1.98 bits per heavy atom. The summed E-state index contributed by atoms with van der Waals surface area (Å²) < 4.78 is 28.2. The minimum absolute atomic E-state index is 0.0416. The van der Waals surface area contributed by atoms with Gasteiger partial charge in [-0.2, -0.15) is 4.98 Å². The molecule has 8 rings (SSSR count). The monoisotopic (exact) mass is 578 g/mol. The van der Waals surface area contributed by atoms with Crippen LogP contribution in [0.5, 0.6) is 17.2 Å². The van der Waals surface area contributed by atoms with Crippen LogP contribution in [0.15, 0.2) is 79.1 Å². The van der Waals surface area contributed by atoms with Crippen LogP contribution in [0, 0.1) is 5.82 Å². The van der Waals surface area contributed by atoms with E-state index in [9.17, 15) is 14.0 Å². The second-order valence-corrected chi connectivity index (χ2v) is 10.5. The van der Waals surface area contributed by atoms with Crippen LogP contribution in [-0.2, 0) is 17.6 Å². The summed E-state index contributed by atoms with van der Waals surface area (Å²) in [6.07, 6.45) is 4.54. The molecule has 216 valence electrons. The van der Waals surface area contributed by atoms with Crippen LogP contribution in [0.25, 0.3) is 5.78 Å². The molecule has 8 bridgehead atoms. The maximum atomic E-state index is 14.7. The quantitative estimate of drug-likeness (QED) is 0.316. The molecule has 0 spiro atoms. The molecule has 0 saturated carbocycles. The number of aromatic nitrogens is 4. The van der Waals surface area contributed by atoms with Gasteiger partial charge in [0.05, 0.1) is 19.1 Å². The van der Waals surface area contributed by atoms with Crippen LogP contribution in [0.2, 0.25) is 0 Å². The second-order valence-electron chi connectivity index (χ2n) is 10.5. The van der Waals surface area contributed by atoms with Crippen molar-refractivity contribution in [2.75, 3.05) is 19.7 Å². The Morgan fingerprint density at radius 1 is 1.05 bits per heavy atom. The molecule has 3 aliphatic heterocycles. The molecule has 43 heavy (non-hydrogen) atoms. The van der Waals surface area contributed by atoms with E-state index in [2.05, 4.69) is 20.4 Å². The van der Waals surface area contributed by atoms with Gasteiger partial charge in [-0.15, -0.1) is 5.10 Å². The first-order valence-electron chi connectivity index (χ1n) is 14.1. The zero-order valence-corrected chi connectivity index (χ0v) is 23.1. The second kappa shape index (κ2) is 11.2. The normalized spacial score (nSPS) is 16.8.